The van der Waals surface area contributed by atoms with Crippen LogP contribution in [0, 0.1) is 17.5 Å². The fraction of sp³-hybridized carbons (Fsp3) is 0.625. The molecule has 2 rings (SSSR count). The van der Waals surface area contributed by atoms with E-state index in [-0.39, 0.29) is 5.60 Å². The predicted octanol–water partition coefficient (Wildman–Crippen LogP) is 3.67. The maximum atomic E-state index is 6.12. The lowest BCUT2D eigenvalue weighted by atomic mass is 9.86. The van der Waals surface area contributed by atoms with Crippen molar-refractivity contribution in [1.29, 1.82) is 0 Å². The topological polar surface area (TPSA) is 12.5 Å². The van der Waals surface area contributed by atoms with Crippen LogP contribution in [0.4, 0.5) is 0 Å². The van der Waals surface area contributed by atoms with Crippen molar-refractivity contribution >= 4 is 11.6 Å². The SMILES string of the molecule is CCC1(C(C)C)CN(Cc2ccc([ClH+])c(Cl)c2)CCO1. The highest BCUT2D eigenvalue weighted by Crippen LogP contribution is 2.30. The highest BCUT2D eigenvalue weighted by atomic mass is 35.5. The van der Waals surface area contributed by atoms with Gasteiger partial charge >= 0.3 is 0 Å². The molecule has 112 valence electrons. The number of hydrogen-bond acceptors (Lipinski definition) is 2. The van der Waals surface area contributed by atoms with E-state index in [0.717, 1.165) is 37.7 Å². The van der Waals surface area contributed by atoms with Crippen LogP contribution in [0.3, 0.4) is 0 Å². The Hall–Kier alpha value is -0.280. The second-order valence-electron chi connectivity index (χ2n) is 5.90. The number of nitrogens with zero attached hydrogens (tertiary/aromatic N) is 1. The van der Waals surface area contributed by atoms with E-state index >= 15 is 0 Å². The van der Waals surface area contributed by atoms with E-state index in [1.807, 2.05) is 12.1 Å². The van der Waals surface area contributed by atoms with Gasteiger partial charge in [0.1, 0.15) is 5.02 Å². The molecule has 20 heavy (non-hydrogen) atoms. The molecule has 1 aromatic carbocycles. The van der Waals surface area contributed by atoms with Crippen LogP contribution in [0.1, 0.15) is 32.8 Å². The Kier molecular flexibility index (Phi) is 5.36. The molecule has 0 amide bonds. The van der Waals surface area contributed by atoms with E-state index in [1.165, 1.54) is 5.56 Å². The molecule has 1 aromatic rings. The van der Waals surface area contributed by atoms with Crippen molar-refractivity contribution in [3.63, 3.8) is 0 Å². The smallest absolute Gasteiger partial charge is 0.244 e. The van der Waals surface area contributed by atoms with Crippen molar-refractivity contribution in [2.24, 2.45) is 5.92 Å². The molecule has 1 saturated heterocycles. The van der Waals surface area contributed by atoms with Gasteiger partial charge in [-0.05, 0) is 24.0 Å². The first kappa shape index (κ1) is 16.1. The molecule has 0 N–H and O–H groups in total. The average Bonchev–Trinajstić information content (AvgIpc) is 2.43. The summed E-state index contributed by atoms with van der Waals surface area (Å²) in [6.07, 6.45) is 1.05. The minimum Gasteiger partial charge on any atom is -0.372 e. The minimum atomic E-state index is -0.0139. The van der Waals surface area contributed by atoms with Crippen LogP contribution < -0.4 is 0 Å². The first-order valence-electron chi connectivity index (χ1n) is 7.28. The molecule has 0 radical (unpaired) electrons. The number of ether oxygens (including phenoxy) is 1. The zero-order valence-electron chi connectivity index (χ0n) is 12.5. The van der Waals surface area contributed by atoms with Gasteiger partial charge in [-0.15, -0.1) is 0 Å². The van der Waals surface area contributed by atoms with Crippen LogP contribution >= 0.6 is 11.6 Å². The van der Waals surface area contributed by atoms with E-state index in [9.17, 15) is 0 Å². The van der Waals surface area contributed by atoms with Crippen molar-refractivity contribution in [2.45, 2.75) is 39.3 Å². The standard InChI is InChI=1S/C16H24Cl2NO/c1-4-16(12(2)3)11-19(7-8-20-16)10-13-5-6-14(17)15(18)9-13/h5-6,9,12,17H,4,7-8,10-11H2,1-3H3/q+1. The van der Waals surface area contributed by atoms with Crippen molar-refractivity contribution in [3.8, 4) is 0 Å². The van der Waals surface area contributed by atoms with Gasteiger partial charge in [0, 0.05) is 25.7 Å². The second kappa shape index (κ2) is 6.65. The zero-order valence-corrected chi connectivity index (χ0v) is 14.1. The molecule has 1 aliphatic heterocycles. The molecule has 1 aliphatic rings. The van der Waals surface area contributed by atoms with Crippen LogP contribution in [0.15, 0.2) is 18.2 Å². The van der Waals surface area contributed by atoms with Gasteiger partial charge in [0.25, 0.3) is 0 Å². The molecule has 0 aromatic heterocycles. The van der Waals surface area contributed by atoms with Crippen molar-refractivity contribution < 1.29 is 16.3 Å². The number of rotatable bonds is 4. The van der Waals surface area contributed by atoms with Crippen LogP contribution in [-0.4, -0.2) is 30.2 Å². The highest BCUT2D eigenvalue weighted by Gasteiger charge is 2.37. The fourth-order valence-electron chi connectivity index (χ4n) is 2.89. The van der Waals surface area contributed by atoms with Crippen LogP contribution in [0.5, 0.6) is 0 Å². The van der Waals surface area contributed by atoms with Crippen molar-refractivity contribution in [3.05, 3.63) is 33.8 Å². The highest BCUT2D eigenvalue weighted by molar-refractivity contribution is 6.31. The van der Waals surface area contributed by atoms with Gasteiger partial charge in [0.2, 0.25) is 5.02 Å². The number of morpholine rings is 1. The van der Waals surface area contributed by atoms with Crippen LogP contribution in [0.2, 0.25) is 10.0 Å². The van der Waals surface area contributed by atoms with Gasteiger partial charge in [-0.1, -0.05) is 38.4 Å². The Balaban J connectivity index is 2.07. The first-order valence-corrected chi connectivity index (χ1v) is 8.07. The van der Waals surface area contributed by atoms with E-state index in [1.54, 1.807) is 0 Å². The third kappa shape index (κ3) is 3.48. The Morgan fingerprint density at radius 3 is 2.80 bits per heavy atom. The number of benzene rings is 1. The second-order valence-corrected chi connectivity index (χ2v) is 6.74. The quantitative estimate of drug-likeness (QED) is 0.840. The molecular weight excluding hydrogens is 293 g/mol. The first-order chi connectivity index (χ1) is 9.47. The van der Waals surface area contributed by atoms with Crippen molar-refractivity contribution in [1.82, 2.24) is 4.90 Å². The Morgan fingerprint density at radius 2 is 2.20 bits per heavy atom. The predicted molar refractivity (Wildman–Crippen MR) is 81.1 cm³/mol. The monoisotopic (exact) mass is 316 g/mol. The summed E-state index contributed by atoms with van der Waals surface area (Å²) >= 11 is 11.3. The molecule has 0 saturated carbocycles. The minimum absolute atomic E-state index is 0.0139. The number of halogens is 2. The molecule has 0 bridgehead atoms. The summed E-state index contributed by atoms with van der Waals surface area (Å²) in [5, 5.41) is 1.40. The molecule has 2 nitrogen and oxygen atoms in total. The Morgan fingerprint density at radius 1 is 1.45 bits per heavy atom. The summed E-state index contributed by atoms with van der Waals surface area (Å²) in [7, 11) is 0. The van der Waals surface area contributed by atoms with Crippen LogP contribution in [-0.2, 0) is 11.3 Å². The average molecular weight is 317 g/mol. The third-order valence-corrected chi connectivity index (χ3v) is 5.12. The van der Waals surface area contributed by atoms with E-state index in [0.29, 0.717) is 10.9 Å². The lowest BCUT2D eigenvalue weighted by Crippen LogP contribution is -2.54. The Labute approximate surface area is 132 Å². The summed E-state index contributed by atoms with van der Waals surface area (Å²) in [5.74, 6) is 0.522. The molecule has 1 unspecified atom stereocenters. The van der Waals surface area contributed by atoms with Gasteiger partial charge in [-0.3, -0.25) is 4.90 Å². The van der Waals surface area contributed by atoms with Crippen molar-refractivity contribution in [2.75, 3.05) is 19.7 Å². The van der Waals surface area contributed by atoms with Gasteiger partial charge < -0.3 is 4.74 Å². The normalized spacial score (nSPS) is 24.3. The summed E-state index contributed by atoms with van der Waals surface area (Å²) < 4.78 is 6.10. The molecule has 0 spiro atoms. The van der Waals surface area contributed by atoms with E-state index in [4.69, 9.17) is 27.9 Å². The lowest BCUT2D eigenvalue weighted by molar-refractivity contribution is -0.288. The number of hydrogen-bond donors (Lipinski definition) is 0. The van der Waals surface area contributed by atoms with Gasteiger partial charge in [-0.2, -0.15) is 0 Å². The molecule has 1 heterocycles. The Bertz CT molecular complexity index is 464. The molecule has 4 heteroatoms. The third-order valence-electron chi connectivity index (χ3n) is 4.34. The summed E-state index contributed by atoms with van der Waals surface area (Å²) in [4.78, 5) is 2.46. The van der Waals surface area contributed by atoms with Crippen LogP contribution in [0.25, 0.3) is 0 Å². The summed E-state index contributed by atoms with van der Waals surface area (Å²) in [5.41, 5.74) is 1.21. The summed E-state index contributed by atoms with van der Waals surface area (Å²) in [6, 6.07) is 5.98. The fourth-order valence-corrected chi connectivity index (χ4v) is 3.22. The maximum absolute atomic E-state index is 6.12. The zero-order chi connectivity index (χ0) is 14.8. The molecular formula is C16H24Cl2NO+. The van der Waals surface area contributed by atoms with Gasteiger partial charge in [0.05, 0.1) is 12.2 Å². The van der Waals surface area contributed by atoms with E-state index < -0.39 is 0 Å². The van der Waals surface area contributed by atoms with Gasteiger partial charge in [0.15, 0.2) is 11.6 Å². The molecule has 1 fully saturated rings. The molecule has 1 atom stereocenters. The molecule has 0 aliphatic carbocycles. The maximum Gasteiger partial charge on any atom is 0.244 e. The summed E-state index contributed by atoms with van der Waals surface area (Å²) in [6.45, 7) is 10.4. The van der Waals surface area contributed by atoms with Gasteiger partial charge in [-0.25, -0.2) is 0 Å². The lowest BCUT2D eigenvalue weighted by Gasteiger charge is -2.45. The van der Waals surface area contributed by atoms with E-state index in [2.05, 4.69) is 31.7 Å². The largest absolute Gasteiger partial charge is 0.372 e.